The molecule has 1 aromatic carbocycles. The summed E-state index contributed by atoms with van der Waals surface area (Å²) in [6.07, 6.45) is 4.99. The molecule has 2 amide bonds. The third-order valence-electron chi connectivity index (χ3n) is 5.97. The minimum atomic E-state index is -0.285. The molecule has 4 rings (SSSR count). The van der Waals surface area contributed by atoms with Crippen molar-refractivity contribution >= 4 is 23.2 Å². The van der Waals surface area contributed by atoms with Crippen LogP contribution in [0.25, 0.3) is 0 Å². The van der Waals surface area contributed by atoms with Gasteiger partial charge in [-0.05, 0) is 67.3 Å². The van der Waals surface area contributed by atoms with E-state index in [2.05, 4.69) is 6.07 Å². The van der Waals surface area contributed by atoms with Crippen LogP contribution in [0.3, 0.4) is 0 Å². The molecule has 0 aliphatic heterocycles. The predicted molar refractivity (Wildman–Crippen MR) is 112 cm³/mol. The molecule has 1 heterocycles. The first-order valence-corrected chi connectivity index (χ1v) is 11.2. The number of rotatable bonds is 8. The van der Waals surface area contributed by atoms with E-state index < -0.39 is 0 Å². The van der Waals surface area contributed by atoms with E-state index in [1.807, 2.05) is 17.2 Å². The van der Waals surface area contributed by atoms with Crippen molar-refractivity contribution in [3.05, 3.63) is 57.5 Å². The summed E-state index contributed by atoms with van der Waals surface area (Å²) in [7, 11) is 0. The molecule has 0 atom stereocenters. The Hall–Kier alpha value is -2.21. The summed E-state index contributed by atoms with van der Waals surface area (Å²) in [5, 5.41) is 2.03. The van der Waals surface area contributed by atoms with Crippen LogP contribution in [0.1, 0.15) is 48.1 Å². The van der Waals surface area contributed by atoms with Crippen molar-refractivity contribution in [2.45, 2.75) is 58.2 Å². The van der Waals surface area contributed by atoms with Crippen LogP contribution in [0.4, 0.5) is 4.39 Å². The Bertz CT molecular complexity index is 871. The van der Waals surface area contributed by atoms with Gasteiger partial charge in [-0.3, -0.25) is 9.59 Å². The van der Waals surface area contributed by atoms with Gasteiger partial charge < -0.3 is 9.80 Å². The lowest BCUT2D eigenvalue weighted by atomic mass is 9.84. The van der Waals surface area contributed by atoms with Crippen molar-refractivity contribution in [1.29, 1.82) is 0 Å². The maximum atomic E-state index is 13.3. The number of hydrogen-bond donors (Lipinski definition) is 0. The summed E-state index contributed by atoms with van der Waals surface area (Å²) in [6.45, 7) is 3.11. The predicted octanol–water partition coefficient (Wildman–Crippen LogP) is 4.52. The number of thiophene rings is 1. The fraction of sp³-hybridized carbons (Fsp3) is 0.478. The van der Waals surface area contributed by atoms with Crippen LogP contribution >= 0.6 is 11.3 Å². The maximum Gasteiger partial charge on any atom is 0.242 e. The number of hydrogen-bond acceptors (Lipinski definition) is 3. The molecule has 0 unspecified atom stereocenters. The van der Waals surface area contributed by atoms with Crippen molar-refractivity contribution in [3.8, 4) is 0 Å². The van der Waals surface area contributed by atoms with E-state index in [-0.39, 0.29) is 36.1 Å². The Morgan fingerprint density at radius 1 is 1.07 bits per heavy atom. The van der Waals surface area contributed by atoms with E-state index in [0.717, 1.165) is 48.1 Å². The Morgan fingerprint density at radius 3 is 2.34 bits per heavy atom. The molecule has 154 valence electrons. The Balaban J connectivity index is 1.50. The molecule has 0 spiro atoms. The second kappa shape index (κ2) is 8.66. The summed E-state index contributed by atoms with van der Waals surface area (Å²) in [6, 6.07) is 8.56. The molecule has 2 saturated carbocycles. The van der Waals surface area contributed by atoms with Crippen LogP contribution in [0.2, 0.25) is 0 Å². The van der Waals surface area contributed by atoms with Gasteiger partial charge in [-0.25, -0.2) is 4.39 Å². The number of carbonyl (C=O) groups is 2. The lowest BCUT2D eigenvalue weighted by molar-refractivity contribution is -0.145. The van der Waals surface area contributed by atoms with E-state index in [4.69, 9.17) is 0 Å². The molecule has 0 N–H and O–H groups in total. The van der Waals surface area contributed by atoms with E-state index in [0.29, 0.717) is 13.1 Å². The van der Waals surface area contributed by atoms with Crippen molar-refractivity contribution in [2.24, 2.45) is 5.92 Å². The first kappa shape index (κ1) is 20.1. The molecule has 1 aromatic heterocycles. The van der Waals surface area contributed by atoms with Crippen molar-refractivity contribution < 1.29 is 14.0 Å². The van der Waals surface area contributed by atoms with Crippen LogP contribution in [0.15, 0.2) is 35.7 Å². The fourth-order valence-electron chi connectivity index (χ4n) is 3.69. The van der Waals surface area contributed by atoms with E-state index >= 15 is 0 Å². The van der Waals surface area contributed by atoms with Crippen LogP contribution in [-0.2, 0) is 22.7 Å². The SMILES string of the molecule is Cc1ccsc1CN(Cc1ccc(F)cc1)C(=O)CN(C(=O)C1CCC1)C1CC1. The van der Waals surface area contributed by atoms with Gasteiger partial charge in [0.05, 0.1) is 6.54 Å². The third-order valence-corrected chi connectivity index (χ3v) is 6.98. The fourth-order valence-corrected chi connectivity index (χ4v) is 4.61. The zero-order chi connectivity index (χ0) is 20.4. The van der Waals surface area contributed by atoms with Crippen molar-refractivity contribution in [2.75, 3.05) is 6.54 Å². The molecule has 2 aliphatic carbocycles. The van der Waals surface area contributed by atoms with Crippen LogP contribution in [0.5, 0.6) is 0 Å². The molecule has 2 fully saturated rings. The van der Waals surface area contributed by atoms with Gasteiger partial charge in [-0.15, -0.1) is 11.3 Å². The Labute approximate surface area is 175 Å². The lowest BCUT2D eigenvalue weighted by Gasteiger charge is -2.33. The Morgan fingerprint density at radius 2 is 1.79 bits per heavy atom. The normalized spacial score (nSPS) is 16.3. The van der Waals surface area contributed by atoms with Gasteiger partial charge in [0.15, 0.2) is 0 Å². The molecular weight excluding hydrogens is 387 g/mol. The monoisotopic (exact) mass is 414 g/mol. The lowest BCUT2D eigenvalue weighted by Crippen LogP contribution is -2.46. The first-order valence-electron chi connectivity index (χ1n) is 10.4. The first-order chi connectivity index (χ1) is 14.0. The number of amides is 2. The molecule has 29 heavy (non-hydrogen) atoms. The minimum Gasteiger partial charge on any atom is -0.332 e. The van der Waals surface area contributed by atoms with Gasteiger partial charge in [0.25, 0.3) is 0 Å². The molecule has 2 aliphatic rings. The quantitative estimate of drug-likeness (QED) is 0.637. The Kier molecular flexibility index (Phi) is 5.99. The summed E-state index contributed by atoms with van der Waals surface area (Å²) >= 11 is 1.64. The zero-order valence-electron chi connectivity index (χ0n) is 16.8. The topological polar surface area (TPSA) is 40.6 Å². The van der Waals surface area contributed by atoms with Gasteiger partial charge in [0, 0.05) is 23.4 Å². The summed E-state index contributed by atoms with van der Waals surface area (Å²) in [5.74, 6) is -0.0666. The van der Waals surface area contributed by atoms with Crippen LogP contribution in [-0.4, -0.2) is 34.2 Å². The van der Waals surface area contributed by atoms with Crippen LogP contribution in [0, 0.1) is 18.7 Å². The second-order valence-electron chi connectivity index (χ2n) is 8.23. The van der Waals surface area contributed by atoms with Gasteiger partial charge in [-0.1, -0.05) is 18.6 Å². The number of carbonyl (C=O) groups excluding carboxylic acids is 2. The highest BCUT2D eigenvalue weighted by Crippen LogP contribution is 2.34. The molecule has 0 radical (unpaired) electrons. The van der Waals surface area contributed by atoms with Crippen molar-refractivity contribution in [1.82, 2.24) is 9.80 Å². The zero-order valence-corrected chi connectivity index (χ0v) is 17.6. The van der Waals surface area contributed by atoms with E-state index in [1.165, 1.54) is 12.1 Å². The van der Waals surface area contributed by atoms with Gasteiger partial charge >= 0.3 is 0 Å². The molecule has 6 heteroatoms. The van der Waals surface area contributed by atoms with Crippen LogP contribution < -0.4 is 0 Å². The van der Waals surface area contributed by atoms with Crippen molar-refractivity contribution in [3.63, 3.8) is 0 Å². The molecular formula is C23H27FN2O2S. The third kappa shape index (κ3) is 4.86. The highest BCUT2D eigenvalue weighted by atomic mass is 32.1. The summed E-state index contributed by atoms with van der Waals surface area (Å²) in [4.78, 5) is 30.9. The highest BCUT2D eigenvalue weighted by molar-refractivity contribution is 7.10. The average molecular weight is 415 g/mol. The average Bonchev–Trinajstić information content (AvgIpc) is 3.42. The van der Waals surface area contributed by atoms with Gasteiger partial charge in [-0.2, -0.15) is 0 Å². The van der Waals surface area contributed by atoms with E-state index in [9.17, 15) is 14.0 Å². The standard InChI is InChI=1S/C23H27FN2O2S/c1-16-11-12-29-21(16)14-25(13-17-5-7-19(24)8-6-17)22(27)15-26(20-9-10-20)23(28)18-3-2-4-18/h5-8,11-12,18,20H,2-4,9-10,13-15H2,1H3. The molecule has 2 aromatic rings. The number of aryl methyl sites for hydroxylation is 1. The smallest absolute Gasteiger partial charge is 0.242 e. The van der Waals surface area contributed by atoms with E-state index in [1.54, 1.807) is 28.4 Å². The number of halogens is 1. The second-order valence-corrected chi connectivity index (χ2v) is 9.23. The van der Waals surface area contributed by atoms with Gasteiger partial charge in [0.2, 0.25) is 11.8 Å². The summed E-state index contributed by atoms with van der Waals surface area (Å²) in [5.41, 5.74) is 2.05. The number of nitrogens with zero attached hydrogens (tertiary/aromatic N) is 2. The minimum absolute atomic E-state index is 0.0401. The largest absolute Gasteiger partial charge is 0.332 e. The molecule has 0 bridgehead atoms. The highest BCUT2D eigenvalue weighted by Gasteiger charge is 2.39. The molecule has 4 nitrogen and oxygen atoms in total. The van der Waals surface area contributed by atoms with Gasteiger partial charge in [0.1, 0.15) is 12.4 Å². The maximum absolute atomic E-state index is 13.3. The summed E-state index contributed by atoms with van der Waals surface area (Å²) < 4.78 is 13.3. The number of benzene rings is 1. The molecule has 0 saturated heterocycles.